The van der Waals surface area contributed by atoms with Gasteiger partial charge in [0.25, 0.3) is 0 Å². The molecule has 2 aromatic heterocycles. The molecular formula is C13H14N4O2. The Hall–Kier alpha value is -2.50. The highest BCUT2D eigenvalue weighted by atomic mass is 16.4. The summed E-state index contributed by atoms with van der Waals surface area (Å²) in [5.41, 5.74) is 1.60. The van der Waals surface area contributed by atoms with E-state index in [4.69, 9.17) is 5.11 Å². The predicted molar refractivity (Wildman–Crippen MR) is 69.9 cm³/mol. The second-order valence-electron chi connectivity index (χ2n) is 4.33. The molecule has 0 aliphatic heterocycles. The molecule has 6 heteroatoms. The van der Waals surface area contributed by atoms with Crippen LogP contribution in [0.15, 0.2) is 30.7 Å². The van der Waals surface area contributed by atoms with Crippen molar-refractivity contribution < 1.29 is 9.90 Å². The van der Waals surface area contributed by atoms with E-state index in [0.717, 1.165) is 11.8 Å². The highest BCUT2D eigenvalue weighted by Gasteiger charge is 2.06. The van der Waals surface area contributed by atoms with Crippen molar-refractivity contribution in [2.75, 3.05) is 0 Å². The first-order valence-electron chi connectivity index (χ1n) is 5.85. The molecule has 0 atom stereocenters. The quantitative estimate of drug-likeness (QED) is 0.847. The molecule has 0 bridgehead atoms. The SMILES string of the molecule is CC(C)c1ccn(-c2ncc(/C=C/C(=O)O)cn2)n1. The standard InChI is InChI=1S/C13H14N4O2/c1-9(2)11-5-6-17(16-11)13-14-7-10(8-15-13)3-4-12(18)19/h3-9H,1-2H3,(H,18,19)/b4-3+. The molecule has 19 heavy (non-hydrogen) atoms. The topological polar surface area (TPSA) is 80.9 Å². The number of carboxylic acid groups (broad SMARTS) is 1. The van der Waals surface area contributed by atoms with Crippen molar-refractivity contribution >= 4 is 12.0 Å². The molecule has 2 rings (SSSR count). The average molecular weight is 258 g/mol. The molecule has 0 aromatic carbocycles. The largest absolute Gasteiger partial charge is 0.478 e. The number of carboxylic acids is 1. The third-order valence-electron chi connectivity index (χ3n) is 2.48. The average Bonchev–Trinajstić information content (AvgIpc) is 2.86. The van der Waals surface area contributed by atoms with Gasteiger partial charge in [0, 0.05) is 30.2 Å². The summed E-state index contributed by atoms with van der Waals surface area (Å²) in [5.74, 6) is -0.198. The molecule has 0 saturated carbocycles. The van der Waals surface area contributed by atoms with Crippen LogP contribution in [0, 0.1) is 0 Å². The first kappa shape index (κ1) is 12.9. The van der Waals surface area contributed by atoms with Crippen LogP contribution in [0.1, 0.15) is 31.0 Å². The zero-order valence-electron chi connectivity index (χ0n) is 10.7. The van der Waals surface area contributed by atoms with Crippen LogP contribution in [0.25, 0.3) is 12.0 Å². The lowest BCUT2D eigenvalue weighted by atomic mass is 10.1. The number of aromatic nitrogens is 4. The number of nitrogens with zero attached hydrogens (tertiary/aromatic N) is 4. The minimum absolute atomic E-state index is 0.346. The molecule has 0 amide bonds. The van der Waals surface area contributed by atoms with E-state index in [-0.39, 0.29) is 0 Å². The third kappa shape index (κ3) is 3.25. The van der Waals surface area contributed by atoms with Crippen molar-refractivity contribution in [3.05, 3.63) is 42.0 Å². The summed E-state index contributed by atoms with van der Waals surface area (Å²) in [6, 6.07) is 1.92. The van der Waals surface area contributed by atoms with E-state index in [1.54, 1.807) is 23.3 Å². The zero-order chi connectivity index (χ0) is 13.8. The van der Waals surface area contributed by atoms with Gasteiger partial charge in [0.1, 0.15) is 0 Å². The van der Waals surface area contributed by atoms with E-state index < -0.39 is 5.97 Å². The zero-order valence-corrected chi connectivity index (χ0v) is 10.7. The predicted octanol–water partition coefficient (Wildman–Crippen LogP) is 1.88. The summed E-state index contributed by atoms with van der Waals surface area (Å²) < 4.78 is 1.60. The van der Waals surface area contributed by atoms with Crippen LogP contribution in [-0.4, -0.2) is 30.8 Å². The van der Waals surface area contributed by atoms with Gasteiger partial charge in [0.05, 0.1) is 5.69 Å². The molecule has 1 N–H and O–H groups in total. The van der Waals surface area contributed by atoms with Gasteiger partial charge in [-0.1, -0.05) is 13.8 Å². The molecule has 0 spiro atoms. The van der Waals surface area contributed by atoms with Gasteiger partial charge >= 0.3 is 5.97 Å². The highest BCUT2D eigenvalue weighted by Crippen LogP contribution is 2.12. The van der Waals surface area contributed by atoms with Crippen LogP contribution >= 0.6 is 0 Å². The fourth-order valence-corrected chi connectivity index (χ4v) is 1.46. The Morgan fingerprint density at radius 2 is 2.05 bits per heavy atom. The van der Waals surface area contributed by atoms with Gasteiger partial charge in [0.2, 0.25) is 5.95 Å². The van der Waals surface area contributed by atoms with E-state index in [0.29, 0.717) is 17.4 Å². The maximum Gasteiger partial charge on any atom is 0.328 e. The van der Waals surface area contributed by atoms with Crippen LogP contribution in [0.5, 0.6) is 0 Å². The lowest BCUT2D eigenvalue weighted by Gasteiger charge is -2.00. The molecule has 0 radical (unpaired) electrons. The lowest BCUT2D eigenvalue weighted by Crippen LogP contribution is -2.02. The van der Waals surface area contributed by atoms with Gasteiger partial charge in [-0.05, 0) is 18.1 Å². The van der Waals surface area contributed by atoms with Crippen LogP contribution in [0.2, 0.25) is 0 Å². The Balaban J connectivity index is 2.19. The van der Waals surface area contributed by atoms with E-state index in [9.17, 15) is 4.79 Å². The Morgan fingerprint density at radius 3 is 2.58 bits per heavy atom. The Morgan fingerprint density at radius 1 is 1.37 bits per heavy atom. The molecule has 2 heterocycles. The fraction of sp³-hybridized carbons (Fsp3) is 0.231. The molecule has 98 valence electrons. The van der Waals surface area contributed by atoms with Crippen molar-refractivity contribution in [2.24, 2.45) is 0 Å². The van der Waals surface area contributed by atoms with Crippen LogP contribution < -0.4 is 0 Å². The molecule has 2 aromatic rings. The summed E-state index contributed by atoms with van der Waals surface area (Å²) in [7, 11) is 0. The summed E-state index contributed by atoms with van der Waals surface area (Å²) in [6.45, 7) is 4.13. The number of rotatable bonds is 4. The van der Waals surface area contributed by atoms with Crippen LogP contribution in [-0.2, 0) is 4.79 Å². The van der Waals surface area contributed by atoms with Gasteiger partial charge in [-0.3, -0.25) is 0 Å². The molecule has 0 saturated heterocycles. The molecule has 0 unspecified atom stereocenters. The van der Waals surface area contributed by atoms with Gasteiger partial charge < -0.3 is 5.11 Å². The first-order chi connectivity index (χ1) is 9.06. The van der Waals surface area contributed by atoms with E-state index >= 15 is 0 Å². The maximum atomic E-state index is 10.4. The second kappa shape index (κ2) is 5.43. The molecule has 6 nitrogen and oxygen atoms in total. The maximum absolute atomic E-state index is 10.4. The van der Waals surface area contributed by atoms with Crippen molar-refractivity contribution in [3.63, 3.8) is 0 Å². The van der Waals surface area contributed by atoms with Crippen molar-refractivity contribution in [1.29, 1.82) is 0 Å². The highest BCUT2D eigenvalue weighted by molar-refractivity contribution is 5.85. The van der Waals surface area contributed by atoms with E-state index in [1.807, 2.05) is 6.07 Å². The third-order valence-corrected chi connectivity index (χ3v) is 2.48. The van der Waals surface area contributed by atoms with Gasteiger partial charge in [-0.15, -0.1) is 0 Å². The second-order valence-corrected chi connectivity index (χ2v) is 4.33. The molecular weight excluding hydrogens is 244 g/mol. The summed E-state index contributed by atoms with van der Waals surface area (Å²) in [4.78, 5) is 18.7. The molecule has 0 aliphatic carbocycles. The molecule has 0 fully saturated rings. The minimum Gasteiger partial charge on any atom is -0.478 e. The smallest absolute Gasteiger partial charge is 0.328 e. The Bertz CT molecular complexity index is 599. The number of hydrogen-bond acceptors (Lipinski definition) is 4. The fourth-order valence-electron chi connectivity index (χ4n) is 1.46. The monoisotopic (exact) mass is 258 g/mol. The first-order valence-corrected chi connectivity index (χ1v) is 5.85. The normalized spacial score (nSPS) is 11.3. The number of aliphatic carboxylic acids is 1. The summed E-state index contributed by atoms with van der Waals surface area (Å²) in [6.07, 6.45) is 7.40. The summed E-state index contributed by atoms with van der Waals surface area (Å²) >= 11 is 0. The van der Waals surface area contributed by atoms with Gasteiger partial charge in [-0.25, -0.2) is 19.4 Å². The Kier molecular flexibility index (Phi) is 3.70. The van der Waals surface area contributed by atoms with E-state index in [2.05, 4.69) is 28.9 Å². The van der Waals surface area contributed by atoms with E-state index in [1.165, 1.54) is 6.08 Å². The van der Waals surface area contributed by atoms with Gasteiger partial charge in [-0.2, -0.15) is 5.10 Å². The lowest BCUT2D eigenvalue weighted by molar-refractivity contribution is -0.131. The Labute approximate surface area is 110 Å². The van der Waals surface area contributed by atoms with Crippen LogP contribution in [0.3, 0.4) is 0 Å². The number of carbonyl (C=O) groups is 1. The van der Waals surface area contributed by atoms with Crippen LogP contribution in [0.4, 0.5) is 0 Å². The van der Waals surface area contributed by atoms with Crippen molar-refractivity contribution in [2.45, 2.75) is 19.8 Å². The van der Waals surface area contributed by atoms with Gasteiger partial charge in [0.15, 0.2) is 0 Å². The summed E-state index contributed by atoms with van der Waals surface area (Å²) in [5, 5.41) is 12.9. The number of hydrogen-bond donors (Lipinski definition) is 1. The van der Waals surface area contributed by atoms with Crippen molar-refractivity contribution in [1.82, 2.24) is 19.7 Å². The van der Waals surface area contributed by atoms with Crippen molar-refractivity contribution in [3.8, 4) is 5.95 Å². The molecule has 0 aliphatic rings. The minimum atomic E-state index is -1.00.